The van der Waals surface area contributed by atoms with Crippen LogP contribution in [0.15, 0.2) is 89.8 Å². The summed E-state index contributed by atoms with van der Waals surface area (Å²) in [6.07, 6.45) is 3.98. The van der Waals surface area contributed by atoms with Crippen molar-refractivity contribution < 1.29 is 18.0 Å². The molecule has 3 aromatic carbocycles. The SMILES string of the molecule is C[C@H](C(=O)NC1CCCC1)N(Cc1ccccc1)C(=O)CN(c1ccc(Cl)cc1)S(=O)(=O)c1ccccc1. The zero-order chi connectivity index (χ0) is 27.1. The number of carbonyl (C=O) groups is 2. The molecule has 2 amide bonds. The molecule has 0 spiro atoms. The van der Waals surface area contributed by atoms with Crippen molar-refractivity contribution in [3.8, 4) is 0 Å². The van der Waals surface area contributed by atoms with Gasteiger partial charge in [-0.25, -0.2) is 8.42 Å². The lowest BCUT2D eigenvalue weighted by Gasteiger charge is -2.32. The van der Waals surface area contributed by atoms with Crippen molar-refractivity contribution >= 4 is 39.1 Å². The molecule has 1 aliphatic carbocycles. The van der Waals surface area contributed by atoms with Crippen LogP contribution in [-0.2, 0) is 26.2 Å². The second-order valence-electron chi connectivity index (χ2n) is 9.47. The second-order valence-corrected chi connectivity index (χ2v) is 11.8. The van der Waals surface area contributed by atoms with E-state index in [0.29, 0.717) is 10.7 Å². The first-order valence-corrected chi connectivity index (χ1v) is 14.5. The Morgan fingerprint density at radius 2 is 1.50 bits per heavy atom. The van der Waals surface area contributed by atoms with Crippen molar-refractivity contribution in [1.82, 2.24) is 10.2 Å². The Morgan fingerprint density at radius 1 is 0.921 bits per heavy atom. The van der Waals surface area contributed by atoms with Crippen LogP contribution in [0.3, 0.4) is 0 Å². The Balaban J connectivity index is 1.65. The molecule has 1 atom stereocenters. The highest BCUT2D eigenvalue weighted by atomic mass is 35.5. The molecule has 0 bridgehead atoms. The highest BCUT2D eigenvalue weighted by molar-refractivity contribution is 7.92. The van der Waals surface area contributed by atoms with Gasteiger partial charge in [-0.1, -0.05) is 73.0 Å². The number of nitrogens with one attached hydrogen (secondary N) is 1. The van der Waals surface area contributed by atoms with E-state index in [1.807, 2.05) is 30.3 Å². The third-order valence-electron chi connectivity index (χ3n) is 6.79. The van der Waals surface area contributed by atoms with E-state index >= 15 is 0 Å². The first-order valence-electron chi connectivity index (χ1n) is 12.7. The summed E-state index contributed by atoms with van der Waals surface area (Å²) in [6.45, 7) is 1.37. The molecule has 38 heavy (non-hydrogen) atoms. The molecule has 0 unspecified atom stereocenters. The van der Waals surface area contributed by atoms with Gasteiger partial charge in [0, 0.05) is 17.6 Å². The van der Waals surface area contributed by atoms with Gasteiger partial charge in [-0.15, -0.1) is 0 Å². The van der Waals surface area contributed by atoms with Crippen LogP contribution in [-0.4, -0.2) is 43.8 Å². The number of sulfonamides is 1. The molecule has 1 N–H and O–H groups in total. The topological polar surface area (TPSA) is 86.8 Å². The Morgan fingerprint density at radius 3 is 2.11 bits per heavy atom. The number of benzene rings is 3. The van der Waals surface area contributed by atoms with Crippen LogP contribution < -0.4 is 9.62 Å². The first-order chi connectivity index (χ1) is 18.3. The van der Waals surface area contributed by atoms with Gasteiger partial charge in [0.2, 0.25) is 11.8 Å². The Kier molecular flexibility index (Phi) is 9.07. The van der Waals surface area contributed by atoms with E-state index in [2.05, 4.69) is 5.32 Å². The molecule has 200 valence electrons. The van der Waals surface area contributed by atoms with Gasteiger partial charge in [0.1, 0.15) is 12.6 Å². The molecule has 3 aromatic rings. The van der Waals surface area contributed by atoms with Gasteiger partial charge in [0.25, 0.3) is 10.0 Å². The number of carbonyl (C=O) groups excluding carboxylic acids is 2. The predicted molar refractivity (Wildman–Crippen MR) is 149 cm³/mol. The number of rotatable bonds is 10. The van der Waals surface area contributed by atoms with Crippen molar-refractivity contribution in [1.29, 1.82) is 0 Å². The van der Waals surface area contributed by atoms with Gasteiger partial charge in [-0.2, -0.15) is 0 Å². The number of hydrogen-bond acceptors (Lipinski definition) is 4. The molecule has 0 radical (unpaired) electrons. The smallest absolute Gasteiger partial charge is 0.264 e. The zero-order valence-electron chi connectivity index (χ0n) is 21.3. The largest absolute Gasteiger partial charge is 0.352 e. The highest BCUT2D eigenvalue weighted by Crippen LogP contribution is 2.26. The number of halogens is 1. The summed E-state index contributed by atoms with van der Waals surface area (Å²) in [5.41, 5.74) is 1.14. The average Bonchev–Trinajstić information content (AvgIpc) is 3.44. The minimum Gasteiger partial charge on any atom is -0.352 e. The lowest BCUT2D eigenvalue weighted by atomic mass is 10.1. The standard InChI is InChI=1S/C29H32ClN3O4S/c1-22(29(35)31-25-12-8-9-13-25)32(20-23-10-4-2-5-11-23)28(34)21-33(26-18-16-24(30)17-19-26)38(36,37)27-14-6-3-7-15-27/h2-7,10-11,14-19,22,25H,8-9,12-13,20-21H2,1H3,(H,31,35)/t22-/m1/s1. The van der Waals surface area contributed by atoms with Crippen molar-refractivity contribution in [3.05, 3.63) is 95.5 Å². The quantitative estimate of drug-likeness (QED) is 0.382. The summed E-state index contributed by atoms with van der Waals surface area (Å²) in [6, 6.07) is 22.9. The van der Waals surface area contributed by atoms with Crippen molar-refractivity contribution in [3.63, 3.8) is 0 Å². The van der Waals surface area contributed by atoms with Crippen LogP contribution in [0.2, 0.25) is 5.02 Å². The van der Waals surface area contributed by atoms with E-state index in [-0.39, 0.29) is 23.4 Å². The van der Waals surface area contributed by atoms with Crippen LogP contribution >= 0.6 is 11.6 Å². The molecular weight excluding hydrogens is 522 g/mol. The summed E-state index contributed by atoms with van der Waals surface area (Å²) in [5, 5.41) is 3.51. The minimum atomic E-state index is -4.09. The third kappa shape index (κ3) is 6.74. The van der Waals surface area contributed by atoms with Crippen LogP contribution in [0.25, 0.3) is 0 Å². The fourth-order valence-electron chi connectivity index (χ4n) is 4.61. The number of anilines is 1. The maximum Gasteiger partial charge on any atom is 0.264 e. The Bertz CT molecular complexity index is 1330. The molecule has 4 rings (SSSR count). The van der Waals surface area contributed by atoms with Crippen molar-refractivity contribution in [2.24, 2.45) is 0 Å². The monoisotopic (exact) mass is 553 g/mol. The summed E-state index contributed by atoms with van der Waals surface area (Å²) in [7, 11) is -4.09. The molecule has 0 heterocycles. The van der Waals surface area contributed by atoms with Gasteiger partial charge in [0.15, 0.2) is 0 Å². The van der Waals surface area contributed by atoms with E-state index in [0.717, 1.165) is 35.6 Å². The average molecular weight is 554 g/mol. The van der Waals surface area contributed by atoms with Crippen molar-refractivity contribution in [2.45, 2.75) is 56.1 Å². The van der Waals surface area contributed by atoms with E-state index < -0.39 is 28.5 Å². The molecule has 7 nitrogen and oxygen atoms in total. The Hall–Kier alpha value is -3.36. The highest BCUT2D eigenvalue weighted by Gasteiger charge is 2.33. The number of amides is 2. The molecule has 1 fully saturated rings. The molecule has 1 aliphatic rings. The maximum atomic E-state index is 13.9. The van der Waals surface area contributed by atoms with Gasteiger partial charge < -0.3 is 10.2 Å². The molecule has 1 saturated carbocycles. The van der Waals surface area contributed by atoms with E-state index in [1.165, 1.54) is 17.0 Å². The molecule has 0 saturated heterocycles. The van der Waals surface area contributed by atoms with Crippen molar-refractivity contribution in [2.75, 3.05) is 10.8 Å². The van der Waals surface area contributed by atoms with Gasteiger partial charge in [-0.05, 0) is 61.7 Å². The number of nitrogens with zero attached hydrogens (tertiary/aromatic N) is 2. The van der Waals surface area contributed by atoms with Gasteiger partial charge >= 0.3 is 0 Å². The fraction of sp³-hybridized carbons (Fsp3) is 0.310. The summed E-state index contributed by atoms with van der Waals surface area (Å²) < 4.78 is 28.5. The van der Waals surface area contributed by atoms with Crippen LogP contribution in [0.4, 0.5) is 5.69 Å². The lowest BCUT2D eigenvalue weighted by molar-refractivity contribution is -0.139. The van der Waals surface area contributed by atoms with E-state index in [1.54, 1.807) is 49.4 Å². The van der Waals surface area contributed by atoms with Crippen LogP contribution in [0.5, 0.6) is 0 Å². The van der Waals surface area contributed by atoms with E-state index in [9.17, 15) is 18.0 Å². The minimum absolute atomic E-state index is 0.0596. The molecular formula is C29H32ClN3O4S. The second kappa shape index (κ2) is 12.5. The van der Waals surface area contributed by atoms with Gasteiger partial charge in [0.05, 0.1) is 10.6 Å². The first kappa shape index (κ1) is 27.7. The van der Waals surface area contributed by atoms with E-state index in [4.69, 9.17) is 11.6 Å². The summed E-state index contributed by atoms with van der Waals surface area (Å²) >= 11 is 6.05. The third-order valence-corrected chi connectivity index (χ3v) is 8.83. The predicted octanol–water partition coefficient (Wildman–Crippen LogP) is 5.01. The van der Waals surface area contributed by atoms with Crippen LogP contribution in [0.1, 0.15) is 38.2 Å². The molecule has 9 heteroatoms. The lowest BCUT2D eigenvalue weighted by Crippen LogP contribution is -2.52. The Labute approximate surface area is 229 Å². The zero-order valence-corrected chi connectivity index (χ0v) is 22.9. The number of hydrogen-bond donors (Lipinski definition) is 1. The summed E-state index contributed by atoms with van der Waals surface area (Å²) in [4.78, 5) is 28.6. The normalized spacial score (nSPS) is 14.6. The molecule has 0 aliphatic heterocycles. The molecule has 0 aromatic heterocycles. The van der Waals surface area contributed by atoms with Crippen LogP contribution in [0, 0.1) is 0 Å². The van der Waals surface area contributed by atoms with Gasteiger partial charge in [-0.3, -0.25) is 13.9 Å². The fourth-order valence-corrected chi connectivity index (χ4v) is 6.17. The maximum absolute atomic E-state index is 13.9. The summed E-state index contributed by atoms with van der Waals surface area (Å²) in [5.74, 6) is -0.734.